The van der Waals surface area contributed by atoms with Crippen molar-refractivity contribution in [1.29, 1.82) is 0 Å². The van der Waals surface area contributed by atoms with Crippen molar-refractivity contribution in [3.63, 3.8) is 0 Å². The second-order valence-electron chi connectivity index (χ2n) is 3.11. The fraction of sp³-hybridized carbons (Fsp3) is 0.300. The van der Waals surface area contributed by atoms with Crippen molar-refractivity contribution in [3.8, 4) is 0 Å². The molecule has 2 aromatic rings. The summed E-state index contributed by atoms with van der Waals surface area (Å²) in [7, 11) is 0. The zero-order valence-electron chi connectivity index (χ0n) is 7.68. The summed E-state index contributed by atoms with van der Waals surface area (Å²) >= 11 is 1.53. The van der Waals surface area contributed by atoms with Crippen molar-refractivity contribution < 1.29 is 5.11 Å². The van der Waals surface area contributed by atoms with Gasteiger partial charge in [-0.05, 0) is 25.1 Å². The normalized spacial score (nSPS) is 13.3. The van der Waals surface area contributed by atoms with E-state index in [-0.39, 0.29) is 0 Å². The van der Waals surface area contributed by atoms with Crippen molar-refractivity contribution in [3.05, 3.63) is 29.3 Å². The predicted molar refractivity (Wildman–Crippen MR) is 58.3 cm³/mol. The van der Waals surface area contributed by atoms with Crippen LogP contribution in [0.5, 0.6) is 0 Å². The molecule has 1 atom stereocenters. The minimum Gasteiger partial charge on any atom is -0.386 e. The van der Waals surface area contributed by atoms with Gasteiger partial charge in [0.1, 0.15) is 11.1 Å². The van der Waals surface area contributed by atoms with Gasteiger partial charge in [0.25, 0.3) is 0 Å². The van der Waals surface area contributed by atoms with Crippen molar-refractivity contribution >= 4 is 21.6 Å². The highest BCUT2D eigenvalue weighted by atomic mass is 32.1. The van der Waals surface area contributed by atoms with Gasteiger partial charge in [-0.25, -0.2) is 4.98 Å². The molecule has 1 aromatic carbocycles. The quantitative estimate of drug-likeness (QED) is 0.806. The zero-order valence-corrected chi connectivity index (χ0v) is 8.50. The van der Waals surface area contributed by atoms with Crippen LogP contribution in [0.2, 0.25) is 0 Å². The first-order chi connectivity index (χ1) is 6.81. The molecule has 0 aliphatic heterocycles. The van der Waals surface area contributed by atoms with E-state index >= 15 is 0 Å². The average molecular weight is 208 g/mol. The highest BCUT2D eigenvalue weighted by molar-refractivity contribution is 7.18. The summed E-state index contributed by atoms with van der Waals surface area (Å²) < 4.78 is 1.11. The number of rotatable bonds is 3. The summed E-state index contributed by atoms with van der Waals surface area (Å²) in [5, 5.41) is 10.5. The van der Waals surface area contributed by atoms with Crippen LogP contribution >= 0.6 is 11.3 Å². The van der Waals surface area contributed by atoms with Crippen LogP contribution < -0.4 is 5.73 Å². The summed E-state index contributed by atoms with van der Waals surface area (Å²) in [4.78, 5) is 4.34. The van der Waals surface area contributed by atoms with Crippen molar-refractivity contribution in [2.24, 2.45) is 5.73 Å². The SMILES string of the molecule is NCCC(O)c1nc2ccccc2s1. The molecule has 0 radical (unpaired) electrons. The van der Waals surface area contributed by atoms with Crippen LogP contribution in [-0.2, 0) is 0 Å². The molecule has 3 N–H and O–H groups in total. The van der Waals surface area contributed by atoms with E-state index in [9.17, 15) is 5.11 Å². The van der Waals surface area contributed by atoms with Crippen LogP contribution in [0.1, 0.15) is 17.5 Å². The van der Waals surface area contributed by atoms with Crippen LogP contribution in [0.4, 0.5) is 0 Å². The van der Waals surface area contributed by atoms with Gasteiger partial charge in [-0.3, -0.25) is 0 Å². The monoisotopic (exact) mass is 208 g/mol. The van der Waals surface area contributed by atoms with Crippen LogP contribution in [0.25, 0.3) is 10.2 Å². The highest BCUT2D eigenvalue weighted by Crippen LogP contribution is 2.27. The molecule has 0 bridgehead atoms. The Morgan fingerprint density at radius 3 is 2.93 bits per heavy atom. The number of para-hydroxylation sites is 1. The average Bonchev–Trinajstić information content (AvgIpc) is 2.61. The molecular weight excluding hydrogens is 196 g/mol. The van der Waals surface area contributed by atoms with Gasteiger partial charge >= 0.3 is 0 Å². The van der Waals surface area contributed by atoms with Gasteiger partial charge in [-0.15, -0.1) is 11.3 Å². The Balaban J connectivity index is 2.35. The molecule has 4 heteroatoms. The van der Waals surface area contributed by atoms with Crippen LogP contribution in [0.15, 0.2) is 24.3 Å². The number of aliphatic hydroxyl groups excluding tert-OH is 1. The molecule has 14 heavy (non-hydrogen) atoms. The predicted octanol–water partition coefficient (Wildman–Crippen LogP) is 1.68. The highest BCUT2D eigenvalue weighted by Gasteiger charge is 2.11. The Bertz CT molecular complexity index is 394. The van der Waals surface area contributed by atoms with E-state index in [2.05, 4.69) is 4.98 Å². The molecule has 0 fully saturated rings. The Kier molecular flexibility index (Phi) is 2.77. The zero-order chi connectivity index (χ0) is 9.97. The fourth-order valence-corrected chi connectivity index (χ4v) is 2.30. The Morgan fingerprint density at radius 2 is 2.21 bits per heavy atom. The summed E-state index contributed by atoms with van der Waals surface area (Å²) in [5.74, 6) is 0. The maximum Gasteiger partial charge on any atom is 0.123 e. The van der Waals surface area contributed by atoms with Crippen molar-refractivity contribution in [2.45, 2.75) is 12.5 Å². The molecule has 74 valence electrons. The first-order valence-electron chi connectivity index (χ1n) is 4.55. The molecule has 1 unspecified atom stereocenters. The molecule has 1 heterocycles. The molecule has 1 aromatic heterocycles. The number of nitrogens with zero attached hydrogens (tertiary/aromatic N) is 1. The minimum atomic E-state index is -0.516. The van der Waals surface area contributed by atoms with Crippen LogP contribution in [0.3, 0.4) is 0 Å². The van der Waals surface area contributed by atoms with Crippen LogP contribution in [0, 0.1) is 0 Å². The number of aromatic nitrogens is 1. The van der Waals surface area contributed by atoms with Gasteiger partial charge in [0.15, 0.2) is 0 Å². The van der Waals surface area contributed by atoms with Gasteiger partial charge in [-0.1, -0.05) is 12.1 Å². The Labute approximate surface area is 86.2 Å². The van der Waals surface area contributed by atoms with E-state index in [1.54, 1.807) is 0 Å². The summed E-state index contributed by atoms with van der Waals surface area (Å²) in [6.45, 7) is 0.483. The molecule has 0 saturated heterocycles. The Hall–Kier alpha value is -0.970. The third kappa shape index (κ3) is 1.77. The molecular formula is C10H12N2OS. The van der Waals surface area contributed by atoms with E-state index in [1.807, 2.05) is 24.3 Å². The first kappa shape index (κ1) is 9.58. The molecule has 3 nitrogen and oxygen atoms in total. The minimum absolute atomic E-state index is 0.483. The van der Waals surface area contributed by atoms with Crippen molar-refractivity contribution in [2.75, 3.05) is 6.54 Å². The first-order valence-corrected chi connectivity index (χ1v) is 5.36. The lowest BCUT2D eigenvalue weighted by atomic mass is 10.3. The topological polar surface area (TPSA) is 59.1 Å². The molecule has 0 aliphatic rings. The number of hydrogen-bond acceptors (Lipinski definition) is 4. The van der Waals surface area contributed by atoms with Gasteiger partial charge in [0.2, 0.25) is 0 Å². The lowest BCUT2D eigenvalue weighted by Crippen LogP contribution is -2.06. The number of thiazole rings is 1. The smallest absolute Gasteiger partial charge is 0.123 e. The fourth-order valence-electron chi connectivity index (χ4n) is 1.31. The van der Waals surface area contributed by atoms with E-state index in [0.717, 1.165) is 15.2 Å². The molecule has 0 amide bonds. The van der Waals surface area contributed by atoms with E-state index < -0.39 is 6.10 Å². The summed E-state index contributed by atoms with van der Waals surface area (Å²) in [6, 6.07) is 7.87. The maximum atomic E-state index is 9.69. The van der Waals surface area contributed by atoms with Gasteiger partial charge in [0, 0.05) is 0 Å². The summed E-state index contributed by atoms with van der Waals surface area (Å²) in [6.07, 6.45) is 0.0530. The van der Waals surface area contributed by atoms with Gasteiger partial charge < -0.3 is 10.8 Å². The lowest BCUT2D eigenvalue weighted by Gasteiger charge is -2.03. The second-order valence-corrected chi connectivity index (χ2v) is 4.18. The maximum absolute atomic E-state index is 9.69. The Morgan fingerprint density at radius 1 is 1.43 bits per heavy atom. The van der Waals surface area contributed by atoms with Gasteiger partial charge in [0.05, 0.1) is 10.2 Å². The molecule has 0 spiro atoms. The number of benzene rings is 1. The lowest BCUT2D eigenvalue weighted by molar-refractivity contribution is 0.170. The van der Waals surface area contributed by atoms with Crippen LogP contribution in [-0.4, -0.2) is 16.6 Å². The molecule has 0 aliphatic carbocycles. The molecule has 0 saturated carbocycles. The summed E-state index contributed by atoms with van der Waals surface area (Å²) in [5.41, 5.74) is 6.33. The number of nitrogens with two attached hydrogens (primary N) is 1. The largest absolute Gasteiger partial charge is 0.386 e. The number of fused-ring (bicyclic) bond motifs is 1. The van der Waals surface area contributed by atoms with E-state index in [1.165, 1.54) is 11.3 Å². The third-order valence-corrected chi connectivity index (χ3v) is 3.17. The van der Waals surface area contributed by atoms with E-state index in [4.69, 9.17) is 5.73 Å². The second kappa shape index (κ2) is 4.04. The standard InChI is InChI=1S/C10H12N2OS/c11-6-5-8(13)10-12-7-3-1-2-4-9(7)14-10/h1-4,8,13H,5-6,11H2. The van der Waals surface area contributed by atoms with Crippen molar-refractivity contribution in [1.82, 2.24) is 4.98 Å². The molecule has 2 rings (SSSR count). The van der Waals surface area contributed by atoms with E-state index in [0.29, 0.717) is 13.0 Å². The number of hydrogen-bond donors (Lipinski definition) is 2. The third-order valence-electron chi connectivity index (χ3n) is 2.04. The van der Waals surface area contributed by atoms with Gasteiger partial charge in [-0.2, -0.15) is 0 Å². The number of aliphatic hydroxyl groups is 1.